The van der Waals surface area contributed by atoms with E-state index in [4.69, 9.17) is 0 Å². The first kappa shape index (κ1) is 15.3. The summed E-state index contributed by atoms with van der Waals surface area (Å²) in [6.07, 6.45) is 0. The predicted octanol–water partition coefficient (Wildman–Crippen LogP) is 4.06. The van der Waals surface area contributed by atoms with Crippen molar-refractivity contribution in [3.05, 3.63) is 63.0 Å². The summed E-state index contributed by atoms with van der Waals surface area (Å²) in [5.41, 5.74) is 1.82. The number of nitrogens with one attached hydrogen (secondary N) is 1. The summed E-state index contributed by atoms with van der Waals surface area (Å²) >= 11 is 2.24. The highest BCUT2D eigenvalue weighted by atomic mass is 127. The van der Waals surface area contributed by atoms with Crippen LogP contribution in [0.5, 0.6) is 0 Å². The largest absolute Gasteiger partial charge is 0.394 e. The second-order valence-corrected chi connectivity index (χ2v) is 6.39. The van der Waals surface area contributed by atoms with E-state index in [-0.39, 0.29) is 12.4 Å². The van der Waals surface area contributed by atoms with Gasteiger partial charge in [0.05, 0.1) is 12.1 Å². The number of rotatable bonds is 4. The van der Waals surface area contributed by atoms with E-state index in [0.717, 1.165) is 14.7 Å². The van der Waals surface area contributed by atoms with Gasteiger partial charge < -0.3 is 10.4 Å². The topological polar surface area (TPSA) is 32.3 Å². The number of hydrogen-bond donors (Lipinski definition) is 2. The molecule has 1 unspecified atom stereocenters. The fraction of sp³-hybridized carbons (Fsp3) is 0.250. The minimum absolute atomic E-state index is 0.0802. The van der Waals surface area contributed by atoms with Gasteiger partial charge in [-0.05, 0) is 77.9 Å². The van der Waals surface area contributed by atoms with Crippen LogP contribution in [0.3, 0.4) is 0 Å². The van der Waals surface area contributed by atoms with Gasteiger partial charge in [-0.15, -0.1) is 0 Å². The van der Waals surface area contributed by atoms with Crippen LogP contribution in [-0.2, 0) is 5.54 Å². The van der Waals surface area contributed by atoms with Crippen LogP contribution in [0, 0.1) is 16.3 Å². The van der Waals surface area contributed by atoms with Crippen LogP contribution >= 0.6 is 22.6 Å². The highest BCUT2D eigenvalue weighted by Gasteiger charge is 2.25. The summed E-state index contributed by atoms with van der Waals surface area (Å²) in [4.78, 5) is 0. The molecule has 4 heteroatoms. The molecule has 20 heavy (non-hydrogen) atoms. The number of aryl methyl sites for hydroxylation is 1. The lowest BCUT2D eigenvalue weighted by Gasteiger charge is -2.31. The smallest absolute Gasteiger partial charge is 0.125 e. The predicted molar refractivity (Wildman–Crippen MR) is 88.4 cm³/mol. The minimum Gasteiger partial charge on any atom is -0.394 e. The van der Waals surface area contributed by atoms with E-state index < -0.39 is 5.54 Å². The second kappa shape index (κ2) is 6.10. The zero-order valence-electron chi connectivity index (χ0n) is 11.5. The van der Waals surface area contributed by atoms with E-state index in [9.17, 15) is 9.50 Å². The van der Waals surface area contributed by atoms with E-state index in [1.807, 2.05) is 44.2 Å². The number of anilines is 1. The zero-order chi connectivity index (χ0) is 14.8. The van der Waals surface area contributed by atoms with Gasteiger partial charge in [-0.25, -0.2) is 4.39 Å². The van der Waals surface area contributed by atoms with Crippen LogP contribution in [0.25, 0.3) is 0 Å². The third-order valence-corrected chi connectivity index (χ3v) is 3.98. The maximum atomic E-state index is 13.5. The summed E-state index contributed by atoms with van der Waals surface area (Å²) in [6.45, 7) is 3.66. The molecule has 2 rings (SSSR count). The van der Waals surface area contributed by atoms with Crippen molar-refractivity contribution in [2.45, 2.75) is 19.4 Å². The van der Waals surface area contributed by atoms with Gasteiger partial charge in [-0.3, -0.25) is 0 Å². The summed E-state index contributed by atoms with van der Waals surface area (Å²) < 4.78 is 14.6. The van der Waals surface area contributed by atoms with E-state index in [1.54, 1.807) is 0 Å². The third-order valence-electron chi connectivity index (χ3n) is 3.26. The first-order chi connectivity index (χ1) is 9.43. The van der Waals surface area contributed by atoms with Crippen LogP contribution in [0.2, 0.25) is 0 Å². The van der Waals surface area contributed by atoms with E-state index in [1.165, 1.54) is 12.1 Å². The third kappa shape index (κ3) is 3.49. The van der Waals surface area contributed by atoms with Crippen LogP contribution in [0.1, 0.15) is 18.1 Å². The standard InChI is InChI=1S/C16H17FINO/c1-11-7-13(17)9-15(8-11)19-16(2,10-20)12-3-5-14(18)6-4-12/h3-9,19-20H,10H2,1-2H3. The summed E-state index contributed by atoms with van der Waals surface area (Å²) in [5.74, 6) is -0.282. The molecule has 0 aromatic heterocycles. The molecule has 0 aliphatic heterocycles. The Bertz CT molecular complexity index is 580. The average molecular weight is 385 g/mol. The molecule has 2 aromatic carbocycles. The first-order valence-corrected chi connectivity index (χ1v) is 7.43. The Hall–Kier alpha value is -1.14. The van der Waals surface area contributed by atoms with Gasteiger partial charge in [-0.1, -0.05) is 12.1 Å². The number of halogens is 2. The van der Waals surface area contributed by atoms with Crippen molar-refractivity contribution >= 4 is 28.3 Å². The van der Waals surface area contributed by atoms with Crippen molar-refractivity contribution in [3.8, 4) is 0 Å². The number of aliphatic hydroxyl groups is 1. The van der Waals surface area contributed by atoms with Gasteiger partial charge in [-0.2, -0.15) is 0 Å². The van der Waals surface area contributed by atoms with Gasteiger partial charge in [0.15, 0.2) is 0 Å². The molecule has 0 heterocycles. The summed E-state index contributed by atoms with van der Waals surface area (Å²) in [5, 5.41) is 13.0. The molecule has 0 fully saturated rings. The van der Waals surface area contributed by atoms with Crippen molar-refractivity contribution in [1.82, 2.24) is 0 Å². The van der Waals surface area contributed by atoms with Crippen molar-refractivity contribution in [1.29, 1.82) is 0 Å². The molecule has 0 aliphatic rings. The molecule has 2 aromatic rings. The van der Waals surface area contributed by atoms with E-state index in [0.29, 0.717) is 5.69 Å². The number of benzene rings is 2. The Morgan fingerprint density at radius 1 is 1.20 bits per heavy atom. The Balaban J connectivity index is 2.33. The van der Waals surface area contributed by atoms with Crippen molar-refractivity contribution in [2.75, 3.05) is 11.9 Å². The normalized spacial score (nSPS) is 13.8. The molecule has 0 bridgehead atoms. The first-order valence-electron chi connectivity index (χ1n) is 6.35. The molecule has 0 saturated carbocycles. The van der Waals surface area contributed by atoms with Gasteiger partial charge in [0, 0.05) is 9.26 Å². The quantitative estimate of drug-likeness (QED) is 0.779. The molecule has 0 saturated heterocycles. The van der Waals surface area contributed by atoms with E-state index in [2.05, 4.69) is 27.9 Å². The van der Waals surface area contributed by atoms with Gasteiger partial charge in [0.2, 0.25) is 0 Å². The van der Waals surface area contributed by atoms with Crippen LogP contribution in [-0.4, -0.2) is 11.7 Å². The van der Waals surface area contributed by atoms with Gasteiger partial charge in [0.1, 0.15) is 5.82 Å². The van der Waals surface area contributed by atoms with Crippen molar-refractivity contribution in [3.63, 3.8) is 0 Å². The lowest BCUT2D eigenvalue weighted by atomic mass is 9.92. The van der Waals surface area contributed by atoms with Crippen molar-refractivity contribution < 1.29 is 9.50 Å². The van der Waals surface area contributed by atoms with Crippen LogP contribution < -0.4 is 5.32 Å². The Labute approximate surface area is 132 Å². The molecule has 0 aliphatic carbocycles. The average Bonchev–Trinajstić information content (AvgIpc) is 2.38. The molecule has 106 valence electrons. The highest BCUT2D eigenvalue weighted by Crippen LogP contribution is 2.27. The van der Waals surface area contributed by atoms with Gasteiger partial charge in [0.25, 0.3) is 0 Å². The second-order valence-electron chi connectivity index (χ2n) is 5.14. The highest BCUT2D eigenvalue weighted by molar-refractivity contribution is 14.1. The molecular weight excluding hydrogens is 368 g/mol. The molecule has 2 nitrogen and oxygen atoms in total. The Morgan fingerprint density at radius 3 is 2.40 bits per heavy atom. The lowest BCUT2D eigenvalue weighted by Crippen LogP contribution is -2.35. The van der Waals surface area contributed by atoms with Crippen LogP contribution in [0.15, 0.2) is 42.5 Å². The summed E-state index contributed by atoms with van der Waals surface area (Å²) in [7, 11) is 0. The molecule has 2 N–H and O–H groups in total. The Morgan fingerprint density at radius 2 is 1.85 bits per heavy atom. The van der Waals surface area contributed by atoms with Crippen molar-refractivity contribution in [2.24, 2.45) is 0 Å². The van der Waals surface area contributed by atoms with E-state index >= 15 is 0 Å². The molecular formula is C16H17FINO. The zero-order valence-corrected chi connectivity index (χ0v) is 13.6. The number of aliphatic hydroxyl groups excluding tert-OH is 1. The molecule has 0 spiro atoms. The lowest BCUT2D eigenvalue weighted by molar-refractivity contribution is 0.224. The Kier molecular flexibility index (Phi) is 4.65. The fourth-order valence-electron chi connectivity index (χ4n) is 2.15. The number of hydrogen-bond acceptors (Lipinski definition) is 2. The molecule has 0 radical (unpaired) electrons. The van der Waals surface area contributed by atoms with Gasteiger partial charge >= 0.3 is 0 Å². The summed E-state index contributed by atoms with van der Waals surface area (Å²) in [6, 6.07) is 12.7. The minimum atomic E-state index is -0.648. The SMILES string of the molecule is Cc1cc(F)cc(NC(C)(CO)c2ccc(I)cc2)c1. The molecule has 0 amide bonds. The molecule has 1 atom stereocenters. The fourth-order valence-corrected chi connectivity index (χ4v) is 2.51. The maximum absolute atomic E-state index is 13.5. The maximum Gasteiger partial charge on any atom is 0.125 e. The monoisotopic (exact) mass is 385 g/mol. The van der Waals surface area contributed by atoms with Crippen LogP contribution in [0.4, 0.5) is 10.1 Å².